The van der Waals surface area contributed by atoms with Crippen LogP contribution in [-0.4, -0.2) is 49.1 Å². The maximum atomic E-state index is 5.98. The molecular formula is C15H27Br2N3O. The van der Waals surface area contributed by atoms with E-state index in [4.69, 9.17) is 10.2 Å². The number of furan rings is 1. The summed E-state index contributed by atoms with van der Waals surface area (Å²) in [5.41, 5.74) is 5.98. The molecule has 1 rings (SSSR count). The van der Waals surface area contributed by atoms with Crippen LogP contribution in [0.4, 0.5) is 0 Å². The van der Waals surface area contributed by atoms with Crippen molar-refractivity contribution in [3.63, 3.8) is 0 Å². The highest BCUT2D eigenvalue weighted by Crippen LogP contribution is 2.31. The SMILES string of the molecule is CCN(CC)CCCN(CC)C(CN)c1cc(Br)c(Br)o1. The van der Waals surface area contributed by atoms with Gasteiger partial charge in [0.1, 0.15) is 5.76 Å². The lowest BCUT2D eigenvalue weighted by Crippen LogP contribution is -2.36. The Balaban J connectivity index is 2.63. The van der Waals surface area contributed by atoms with Gasteiger partial charge in [0.05, 0.1) is 10.5 Å². The van der Waals surface area contributed by atoms with Crippen LogP contribution in [0.25, 0.3) is 0 Å². The lowest BCUT2D eigenvalue weighted by molar-refractivity contribution is 0.173. The Morgan fingerprint density at radius 2 is 1.81 bits per heavy atom. The van der Waals surface area contributed by atoms with Gasteiger partial charge in [0, 0.05) is 13.1 Å². The van der Waals surface area contributed by atoms with Crippen molar-refractivity contribution in [2.24, 2.45) is 5.73 Å². The molecular weight excluding hydrogens is 398 g/mol. The number of nitrogens with two attached hydrogens (primary N) is 1. The van der Waals surface area contributed by atoms with Crippen LogP contribution in [0.5, 0.6) is 0 Å². The van der Waals surface area contributed by atoms with Gasteiger partial charge in [0.2, 0.25) is 0 Å². The Kier molecular flexibility index (Phi) is 9.13. The molecule has 21 heavy (non-hydrogen) atoms. The van der Waals surface area contributed by atoms with Crippen LogP contribution in [0.1, 0.15) is 39.0 Å². The van der Waals surface area contributed by atoms with Gasteiger partial charge in [0.25, 0.3) is 0 Å². The summed E-state index contributed by atoms with van der Waals surface area (Å²) in [7, 11) is 0. The summed E-state index contributed by atoms with van der Waals surface area (Å²) >= 11 is 6.86. The van der Waals surface area contributed by atoms with Crippen LogP contribution >= 0.6 is 31.9 Å². The van der Waals surface area contributed by atoms with Crippen LogP contribution in [0.15, 0.2) is 19.6 Å². The molecule has 0 spiro atoms. The van der Waals surface area contributed by atoms with Crippen molar-refractivity contribution in [2.45, 2.75) is 33.2 Å². The molecule has 0 radical (unpaired) electrons. The Labute approximate surface area is 145 Å². The molecule has 0 aliphatic heterocycles. The molecule has 4 nitrogen and oxygen atoms in total. The van der Waals surface area contributed by atoms with E-state index in [1.165, 1.54) is 0 Å². The highest BCUT2D eigenvalue weighted by Gasteiger charge is 2.22. The zero-order chi connectivity index (χ0) is 15.8. The Morgan fingerprint density at radius 3 is 2.24 bits per heavy atom. The Hall–Kier alpha value is 0.120. The fourth-order valence-corrected chi connectivity index (χ4v) is 3.15. The summed E-state index contributed by atoms with van der Waals surface area (Å²) in [6.45, 7) is 12.5. The summed E-state index contributed by atoms with van der Waals surface area (Å²) in [6, 6.07) is 2.14. The lowest BCUT2D eigenvalue weighted by atomic mass is 10.1. The van der Waals surface area contributed by atoms with Crippen molar-refractivity contribution in [2.75, 3.05) is 39.3 Å². The Morgan fingerprint density at radius 1 is 1.14 bits per heavy atom. The van der Waals surface area contributed by atoms with Crippen molar-refractivity contribution in [1.29, 1.82) is 0 Å². The van der Waals surface area contributed by atoms with E-state index in [1.807, 2.05) is 6.07 Å². The highest BCUT2D eigenvalue weighted by molar-refractivity contribution is 9.13. The molecule has 1 heterocycles. The molecule has 2 N–H and O–H groups in total. The minimum absolute atomic E-state index is 0.134. The first-order valence-corrected chi connectivity index (χ1v) is 9.27. The van der Waals surface area contributed by atoms with Crippen LogP contribution in [0, 0.1) is 0 Å². The molecule has 0 bridgehead atoms. The van der Waals surface area contributed by atoms with E-state index in [0.29, 0.717) is 6.54 Å². The Bertz CT molecular complexity index is 388. The summed E-state index contributed by atoms with van der Waals surface area (Å²) in [4.78, 5) is 4.84. The smallest absolute Gasteiger partial charge is 0.183 e. The van der Waals surface area contributed by atoms with Gasteiger partial charge in [0.15, 0.2) is 4.67 Å². The lowest BCUT2D eigenvalue weighted by Gasteiger charge is -2.29. The van der Waals surface area contributed by atoms with Gasteiger partial charge in [-0.15, -0.1) is 0 Å². The topological polar surface area (TPSA) is 45.6 Å². The minimum atomic E-state index is 0.134. The summed E-state index contributed by atoms with van der Waals surface area (Å²) < 4.78 is 7.43. The molecule has 1 aromatic rings. The van der Waals surface area contributed by atoms with Crippen molar-refractivity contribution in [3.05, 3.63) is 21.0 Å². The van der Waals surface area contributed by atoms with E-state index in [1.54, 1.807) is 0 Å². The standard InChI is InChI=1S/C15H27Br2N3O/c1-4-19(5-2)8-7-9-20(6-3)13(11-18)14-10-12(16)15(17)21-14/h10,13H,4-9,11,18H2,1-3H3. The summed E-state index contributed by atoms with van der Waals surface area (Å²) in [6.07, 6.45) is 1.15. The van der Waals surface area contributed by atoms with Gasteiger partial charge < -0.3 is 15.1 Å². The van der Waals surface area contributed by atoms with Crippen LogP contribution < -0.4 is 5.73 Å². The zero-order valence-electron chi connectivity index (χ0n) is 13.2. The van der Waals surface area contributed by atoms with Crippen LogP contribution in [-0.2, 0) is 0 Å². The molecule has 0 saturated heterocycles. The normalized spacial score (nSPS) is 13.3. The van der Waals surface area contributed by atoms with Crippen molar-refractivity contribution >= 4 is 31.9 Å². The number of likely N-dealkylation sites (N-methyl/N-ethyl adjacent to an activating group) is 1. The van der Waals surface area contributed by atoms with Crippen LogP contribution in [0.2, 0.25) is 0 Å². The molecule has 1 unspecified atom stereocenters. The number of hydrogen-bond donors (Lipinski definition) is 1. The third kappa shape index (κ3) is 5.67. The average molecular weight is 425 g/mol. The third-order valence-corrected chi connectivity index (χ3v) is 5.59. The number of hydrogen-bond acceptors (Lipinski definition) is 4. The van der Waals surface area contributed by atoms with Gasteiger partial charge in [-0.1, -0.05) is 20.8 Å². The number of nitrogens with zero attached hydrogens (tertiary/aromatic N) is 2. The second-order valence-corrected chi connectivity index (χ2v) is 6.61. The predicted octanol–water partition coefficient (Wildman–Crippen LogP) is 3.86. The maximum Gasteiger partial charge on any atom is 0.183 e. The van der Waals surface area contributed by atoms with Crippen LogP contribution in [0.3, 0.4) is 0 Å². The second-order valence-electron chi connectivity index (χ2n) is 5.03. The molecule has 0 fully saturated rings. The monoisotopic (exact) mass is 423 g/mol. The predicted molar refractivity (Wildman–Crippen MR) is 95.6 cm³/mol. The molecule has 122 valence electrons. The molecule has 6 heteroatoms. The van der Waals surface area contributed by atoms with E-state index in [2.05, 4.69) is 62.4 Å². The highest BCUT2D eigenvalue weighted by atomic mass is 79.9. The zero-order valence-corrected chi connectivity index (χ0v) is 16.4. The largest absolute Gasteiger partial charge is 0.451 e. The van der Waals surface area contributed by atoms with Crippen molar-refractivity contribution < 1.29 is 4.42 Å². The second kappa shape index (κ2) is 10.0. The van der Waals surface area contributed by atoms with E-state index in [-0.39, 0.29) is 6.04 Å². The number of rotatable bonds is 10. The van der Waals surface area contributed by atoms with E-state index in [9.17, 15) is 0 Å². The van der Waals surface area contributed by atoms with Gasteiger partial charge in [-0.25, -0.2) is 0 Å². The summed E-state index contributed by atoms with van der Waals surface area (Å²) in [5, 5.41) is 0. The number of halogens is 2. The quantitative estimate of drug-likeness (QED) is 0.619. The first-order chi connectivity index (χ1) is 10.1. The molecule has 0 aliphatic carbocycles. The fourth-order valence-electron chi connectivity index (χ4n) is 2.54. The van der Waals surface area contributed by atoms with E-state index < -0.39 is 0 Å². The van der Waals surface area contributed by atoms with Gasteiger partial charge in [-0.2, -0.15) is 0 Å². The first-order valence-electron chi connectivity index (χ1n) is 7.68. The van der Waals surface area contributed by atoms with Gasteiger partial charge in [-0.3, -0.25) is 4.90 Å². The first kappa shape index (κ1) is 19.2. The molecule has 0 saturated carbocycles. The summed E-state index contributed by atoms with van der Waals surface area (Å²) in [5.74, 6) is 0.918. The average Bonchev–Trinajstić information content (AvgIpc) is 2.81. The van der Waals surface area contributed by atoms with E-state index in [0.717, 1.165) is 54.0 Å². The maximum absolute atomic E-state index is 5.98. The molecule has 1 atom stereocenters. The molecule has 0 aliphatic rings. The fraction of sp³-hybridized carbons (Fsp3) is 0.733. The van der Waals surface area contributed by atoms with E-state index >= 15 is 0 Å². The van der Waals surface area contributed by atoms with Crippen molar-refractivity contribution in [3.8, 4) is 0 Å². The molecule has 0 amide bonds. The minimum Gasteiger partial charge on any atom is -0.451 e. The molecule has 0 aromatic carbocycles. The van der Waals surface area contributed by atoms with Gasteiger partial charge in [-0.05, 0) is 70.5 Å². The van der Waals surface area contributed by atoms with Gasteiger partial charge >= 0.3 is 0 Å². The third-order valence-electron chi connectivity index (χ3n) is 3.88. The molecule has 1 aromatic heterocycles. The van der Waals surface area contributed by atoms with Crippen molar-refractivity contribution in [1.82, 2.24) is 9.80 Å².